The van der Waals surface area contributed by atoms with Crippen molar-refractivity contribution in [1.29, 1.82) is 5.26 Å². The Bertz CT molecular complexity index is 665. The molecule has 1 aliphatic rings. The summed E-state index contributed by atoms with van der Waals surface area (Å²) in [7, 11) is 0. The van der Waals surface area contributed by atoms with Crippen LogP contribution in [0.4, 0.5) is 0 Å². The van der Waals surface area contributed by atoms with Gasteiger partial charge in [-0.15, -0.1) is 0 Å². The highest BCUT2D eigenvalue weighted by molar-refractivity contribution is 5.53. The molecule has 2 aromatic rings. The van der Waals surface area contributed by atoms with Crippen LogP contribution in [0.5, 0.6) is 11.5 Å². The van der Waals surface area contributed by atoms with Gasteiger partial charge in [-0.3, -0.25) is 0 Å². The molecular formula is C14H12N2O2. The number of aryl methyl sites for hydroxylation is 1. The van der Waals surface area contributed by atoms with Crippen LogP contribution in [-0.2, 0) is 0 Å². The van der Waals surface area contributed by atoms with Crippen LogP contribution in [0.3, 0.4) is 0 Å². The third-order valence-corrected chi connectivity index (χ3v) is 3.17. The summed E-state index contributed by atoms with van der Waals surface area (Å²) in [4.78, 5) is 0. The van der Waals surface area contributed by atoms with Gasteiger partial charge in [0.15, 0.2) is 11.5 Å². The van der Waals surface area contributed by atoms with Crippen molar-refractivity contribution in [2.24, 2.45) is 0 Å². The van der Waals surface area contributed by atoms with Crippen molar-refractivity contribution in [3.8, 4) is 23.3 Å². The van der Waals surface area contributed by atoms with E-state index in [0.29, 0.717) is 5.56 Å². The first-order valence-corrected chi connectivity index (χ1v) is 5.70. The summed E-state index contributed by atoms with van der Waals surface area (Å²) in [5.41, 5.74) is 3.65. The highest BCUT2D eigenvalue weighted by Crippen LogP contribution is 2.34. The molecule has 0 N–H and O–H groups in total. The SMILES string of the molecule is Cc1cc(C#N)c(C)n1-c1ccc2c(c1)OCO2. The van der Waals surface area contributed by atoms with Crippen molar-refractivity contribution in [2.45, 2.75) is 13.8 Å². The van der Waals surface area contributed by atoms with Crippen LogP contribution in [0.2, 0.25) is 0 Å². The van der Waals surface area contributed by atoms with Gasteiger partial charge in [0.25, 0.3) is 0 Å². The Balaban J connectivity index is 2.16. The molecule has 0 saturated heterocycles. The number of rotatable bonds is 1. The van der Waals surface area contributed by atoms with Gasteiger partial charge in [0, 0.05) is 23.1 Å². The van der Waals surface area contributed by atoms with Crippen molar-refractivity contribution < 1.29 is 9.47 Å². The molecule has 90 valence electrons. The van der Waals surface area contributed by atoms with Crippen LogP contribution < -0.4 is 9.47 Å². The fraction of sp³-hybridized carbons (Fsp3) is 0.214. The summed E-state index contributed by atoms with van der Waals surface area (Å²) < 4.78 is 12.7. The Morgan fingerprint density at radius 3 is 2.67 bits per heavy atom. The summed E-state index contributed by atoms with van der Waals surface area (Å²) in [5.74, 6) is 1.51. The van der Waals surface area contributed by atoms with Crippen LogP contribution in [-0.4, -0.2) is 11.4 Å². The second-order valence-corrected chi connectivity index (χ2v) is 4.27. The molecule has 0 bridgehead atoms. The minimum atomic E-state index is 0.270. The standard InChI is InChI=1S/C14H12N2O2/c1-9-5-11(7-15)10(2)16(9)12-3-4-13-14(6-12)18-8-17-13/h3-6H,8H2,1-2H3. The zero-order chi connectivity index (χ0) is 12.7. The van der Waals surface area contributed by atoms with E-state index in [2.05, 4.69) is 6.07 Å². The number of nitrogens with zero attached hydrogens (tertiary/aromatic N) is 2. The van der Waals surface area contributed by atoms with E-state index in [9.17, 15) is 0 Å². The van der Waals surface area contributed by atoms with Crippen LogP contribution >= 0.6 is 0 Å². The largest absolute Gasteiger partial charge is 0.454 e. The van der Waals surface area contributed by atoms with E-state index in [4.69, 9.17) is 14.7 Å². The fourth-order valence-corrected chi connectivity index (χ4v) is 2.30. The van der Waals surface area contributed by atoms with Gasteiger partial charge in [-0.25, -0.2) is 0 Å². The first kappa shape index (κ1) is 10.7. The lowest BCUT2D eigenvalue weighted by Crippen LogP contribution is -1.99. The zero-order valence-corrected chi connectivity index (χ0v) is 10.2. The van der Waals surface area contributed by atoms with E-state index in [-0.39, 0.29) is 6.79 Å². The number of hydrogen-bond donors (Lipinski definition) is 0. The highest BCUT2D eigenvalue weighted by Gasteiger charge is 2.16. The summed E-state index contributed by atoms with van der Waals surface area (Å²) in [6.07, 6.45) is 0. The lowest BCUT2D eigenvalue weighted by molar-refractivity contribution is 0.174. The molecule has 0 atom stereocenters. The lowest BCUT2D eigenvalue weighted by atomic mass is 10.2. The highest BCUT2D eigenvalue weighted by atomic mass is 16.7. The Hall–Kier alpha value is -2.41. The zero-order valence-electron chi connectivity index (χ0n) is 10.2. The molecule has 4 nitrogen and oxygen atoms in total. The van der Waals surface area contributed by atoms with Gasteiger partial charge in [-0.05, 0) is 32.0 Å². The smallest absolute Gasteiger partial charge is 0.231 e. The molecule has 0 amide bonds. The van der Waals surface area contributed by atoms with Crippen LogP contribution in [0.1, 0.15) is 17.0 Å². The maximum Gasteiger partial charge on any atom is 0.231 e. The van der Waals surface area contributed by atoms with E-state index in [1.54, 1.807) is 0 Å². The van der Waals surface area contributed by atoms with Crippen molar-refractivity contribution in [1.82, 2.24) is 4.57 Å². The number of aromatic nitrogens is 1. The molecule has 4 heteroatoms. The van der Waals surface area contributed by atoms with Gasteiger partial charge >= 0.3 is 0 Å². The predicted molar refractivity (Wildman–Crippen MR) is 66.1 cm³/mol. The second kappa shape index (κ2) is 3.81. The molecule has 0 unspecified atom stereocenters. The molecule has 0 radical (unpaired) electrons. The van der Waals surface area contributed by atoms with E-state index >= 15 is 0 Å². The molecule has 2 heterocycles. The molecule has 1 aromatic carbocycles. The molecule has 1 aromatic heterocycles. The van der Waals surface area contributed by atoms with Crippen molar-refractivity contribution >= 4 is 0 Å². The van der Waals surface area contributed by atoms with Gasteiger partial charge in [0.1, 0.15) is 6.07 Å². The van der Waals surface area contributed by atoms with E-state index in [1.807, 2.05) is 42.7 Å². The summed E-state index contributed by atoms with van der Waals surface area (Å²) in [5, 5.41) is 9.05. The van der Waals surface area contributed by atoms with Crippen LogP contribution in [0.25, 0.3) is 5.69 Å². The van der Waals surface area contributed by atoms with Gasteiger partial charge in [0.05, 0.1) is 5.56 Å². The Morgan fingerprint density at radius 2 is 1.94 bits per heavy atom. The molecular weight excluding hydrogens is 228 g/mol. The summed E-state index contributed by atoms with van der Waals surface area (Å²) in [6.45, 7) is 4.19. The van der Waals surface area contributed by atoms with E-state index in [0.717, 1.165) is 28.6 Å². The predicted octanol–water partition coefficient (Wildman–Crippen LogP) is 2.69. The molecule has 1 aliphatic heterocycles. The third kappa shape index (κ3) is 1.45. The monoisotopic (exact) mass is 240 g/mol. The second-order valence-electron chi connectivity index (χ2n) is 4.27. The molecule has 0 saturated carbocycles. The molecule has 18 heavy (non-hydrogen) atoms. The Kier molecular flexibility index (Phi) is 2.27. The Labute approximate surface area is 105 Å². The molecule has 0 spiro atoms. The quantitative estimate of drug-likeness (QED) is 0.770. The maximum atomic E-state index is 9.05. The Morgan fingerprint density at radius 1 is 1.17 bits per heavy atom. The van der Waals surface area contributed by atoms with Crippen molar-refractivity contribution in [2.75, 3.05) is 6.79 Å². The molecule has 0 aliphatic carbocycles. The van der Waals surface area contributed by atoms with Gasteiger partial charge < -0.3 is 14.0 Å². The van der Waals surface area contributed by atoms with Crippen molar-refractivity contribution in [3.05, 3.63) is 41.2 Å². The minimum absolute atomic E-state index is 0.270. The van der Waals surface area contributed by atoms with Crippen LogP contribution in [0, 0.1) is 25.2 Å². The van der Waals surface area contributed by atoms with Gasteiger partial charge in [0.2, 0.25) is 6.79 Å². The number of ether oxygens (including phenoxy) is 2. The molecule has 0 fully saturated rings. The number of benzene rings is 1. The van der Waals surface area contributed by atoms with Gasteiger partial charge in [-0.2, -0.15) is 5.26 Å². The summed E-state index contributed by atoms with van der Waals surface area (Å²) >= 11 is 0. The first-order valence-electron chi connectivity index (χ1n) is 5.70. The van der Waals surface area contributed by atoms with Crippen LogP contribution in [0.15, 0.2) is 24.3 Å². The number of nitriles is 1. The first-order chi connectivity index (χ1) is 8.70. The van der Waals surface area contributed by atoms with Crippen molar-refractivity contribution in [3.63, 3.8) is 0 Å². The average Bonchev–Trinajstić information content (AvgIpc) is 2.93. The van der Waals surface area contributed by atoms with E-state index < -0.39 is 0 Å². The third-order valence-electron chi connectivity index (χ3n) is 3.17. The fourth-order valence-electron chi connectivity index (χ4n) is 2.30. The van der Waals surface area contributed by atoms with Gasteiger partial charge in [-0.1, -0.05) is 0 Å². The van der Waals surface area contributed by atoms with E-state index in [1.165, 1.54) is 0 Å². The normalized spacial score (nSPS) is 12.5. The number of hydrogen-bond acceptors (Lipinski definition) is 3. The average molecular weight is 240 g/mol. The minimum Gasteiger partial charge on any atom is -0.454 e. The molecule has 3 rings (SSSR count). The lowest BCUT2D eigenvalue weighted by Gasteiger charge is -2.10. The number of fused-ring (bicyclic) bond motifs is 1. The summed E-state index contributed by atoms with van der Waals surface area (Å²) in [6, 6.07) is 9.88. The topological polar surface area (TPSA) is 47.2 Å². The maximum absolute atomic E-state index is 9.05.